The molecule has 0 aromatic rings. The van der Waals surface area contributed by atoms with Gasteiger partial charge in [-0.3, -0.25) is 4.79 Å². The summed E-state index contributed by atoms with van der Waals surface area (Å²) in [5, 5.41) is 6.06. The van der Waals surface area contributed by atoms with Gasteiger partial charge in [0, 0.05) is 12.6 Å². The molecule has 0 aromatic carbocycles. The Morgan fingerprint density at radius 3 is 2.82 bits per heavy atom. The van der Waals surface area contributed by atoms with Gasteiger partial charge in [0.1, 0.15) is 0 Å². The second-order valence-electron chi connectivity index (χ2n) is 2.34. The molecule has 0 radical (unpaired) electrons. The first kappa shape index (κ1) is 8.40. The molecule has 0 saturated carbocycles. The Balaban J connectivity index is 2.57. The van der Waals surface area contributed by atoms with E-state index in [2.05, 4.69) is 5.32 Å². The van der Waals surface area contributed by atoms with Crippen molar-refractivity contribution in [3.63, 3.8) is 0 Å². The van der Waals surface area contributed by atoms with Gasteiger partial charge in [0.2, 0.25) is 0 Å². The molecule has 60 valence electrons. The van der Waals surface area contributed by atoms with E-state index >= 15 is 0 Å². The van der Waals surface area contributed by atoms with Crippen LogP contribution in [-0.2, 0) is 4.79 Å². The first-order valence-corrected chi connectivity index (χ1v) is 4.36. The van der Waals surface area contributed by atoms with E-state index in [1.165, 1.54) is 0 Å². The summed E-state index contributed by atoms with van der Waals surface area (Å²) >= 11 is 1.57. The Hall–Kier alpha value is -0.700. The van der Waals surface area contributed by atoms with Crippen LogP contribution in [0.15, 0.2) is 22.1 Å². The highest BCUT2D eigenvalue weighted by Gasteiger charge is 2.07. The largest absolute Gasteiger partial charge is 0.383 e. The van der Waals surface area contributed by atoms with Gasteiger partial charge in [0.05, 0.1) is 5.03 Å². The smallest absolute Gasteiger partial charge is 0.156 e. The molecule has 0 aromatic heterocycles. The van der Waals surface area contributed by atoms with Gasteiger partial charge in [0.25, 0.3) is 0 Å². The average molecular weight is 169 g/mol. The standard InChI is InChI=1S/C8H11NOS/c1-6(10)7-3-4-8(9-2)11-5-7/h4-5,9H,3H2,1-2H3. The lowest BCUT2D eigenvalue weighted by Gasteiger charge is -2.09. The number of thioether (sulfide) groups is 1. The maximum Gasteiger partial charge on any atom is 0.156 e. The fourth-order valence-corrected chi connectivity index (χ4v) is 1.65. The molecule has 0 spiro atoms. The predicted octanol–water partition coefficient (Wildman–Crippen LogP) is 1.66. The number of ketones is 1. The van der Waals surface area contributed by atoms with E-state index in [9.17, 15) is 4.79 Å². The minimum absolute atomic E-state index is 0.170. The van der Waals surface area contributed by atoms with Gasteiger partial charge in [-0.2, -0.15) is 0 Å². The van der Waals surface area contributed by atoms with Gasteiger partial charge in [-0.25, -0.2) is 0 Å². The molecule has 3 heteroatoms. The number of allylic oxidation sites excluding steroid dienone is 2. The summed E-state index contributed by atoms with van der Waals surface area (Å²) in [5.41, 5.74) is 0.897. The van der Waals surface area contributed by atoms with Crippen molar-refractivity contribution in [1.29, 1.82) is 0 Å². The van der Waals surface area contributed by atoms with Crippen molar-refractivity contribution in [3.8, 4) is 0 Å². The zero-order valence-corrected chi connectivity index (χ0v) is 7.49. The summed E-state index contributed by atoms with van der Waals surface area (Å²) in [4.78, 5) is 10.9. The fraction of sp³-hybridized carbons (Fsp3) is 0.375. The molecule has 1 N–H and O–H groups in total. The first-order chi connectivity index (χ1) is 5.24. The normalized spacial score (nSPS) is 16.9. The molecule has 0 fully saturated rings. The van der Waals surface area contributed by atoms with Crippen molar-refractivity contribution < 1.29 is 4.79 Å². The van der Waals surface area contributed by atoms with E-state index in [0.29, 0.717) is 0 Å². The Morgan fingerprint density at radius 2 is 2.45 bits per heavy atom. The van der Waals surface area contributed by atoms with Gasteiger partial charge in [0.15, 0.2) is 5.78 Å². The number of rotatable bonds is 2. The molecule has 0 atom stereocenters. The van der Waals surface area contributed by atoms with Crippen LogP contribution in [0.25, 0.3) is 0 Å². The quantitative estimate of drug-likeness (QED) is 0.681. The van der Waals surface area contributed by atoms with Gasteiger partial charge >= 0.3 is 0 Å². The molecule has 2 nitrogen and oxygen atoms in total. The maximum absolute atomic E-state index is 10.9. The summed E-state index contributed by atoms with van der Waals surface area (Å²) in [7, 11) is 1.88. The molecule has 0 amide bonds. The summed E-state index contributed by atoms with van der Waals surface area (Å²) in [6.45, 7) is 1.60. The lowest BCUT2D eigenvalue weighted by Crippen LogP contribution is -2.06. The van der Waals surface area contributed by atoms with Crippen molar-refractivity contribution in [3.05, 3.63) is 22.1 Å². The molecular formula is C8H11NOS. The Kier molecular flexibility index (Phi) is 2.76. The minimum atomic E-state index is 0.170. The van der Waals surface area contributed by atoms with Crippen molar-refractivity contribution >= 4 is 17.5 Å². The highest BCUT2D eigenvalue weighted by molar-refractivity contribution is 8.05. The summed E-state index contributed by atoms with van der Waals surface area (Å²) in [6.07, 6.45) is 2.79. The number of carbonyl (C=O) groups is 1. The van der Waals surface area contributed by atoms with Crippen molar-refractivity contribution in [1.82, 2.24) is 5.32 Å². The molecule has 1 aliphatic rings. The SMILES string of the molecule is CNC1=CCC(C(C)=O)=CS1. The van der Waals surface area contributed by atoms with Crippen LogP contribution < -0.4 is 5.32 Å². The highest BCUT2D eigenvalue weighted by atomic mass is 32.2. The van der Waals surface area contributed by atoms with Gasteiger partial charge in [-0.1, -0.05) is 11.8 Å². The molecule has 0 saturated heterocycles. The third kappa shape index (κ3) is 2.12. The lowest BCUT2D eigenvalue weighted by atomic mass is 10.1. The molecular weight excluding hydrogens is 158 g/mol. The number of hydrogen-bond donors (Lipinski definition) is 1. The molecule has 1 rings (SSSR count). The van der Waals surface area contributed by atoms with E-state index in [1.807, 2.05) is 18.5 Å². The van der Waals surface area contributed by atoms with Crippen LogP contribution in [0, 0.1) is 0 Å². The summed E-state index contributed by atoms with van der Waals surface area (Å²) in [6, 6.07) is 0. The third-order valence-electron chi connectivity index (χ3n) is 1.53. The highest BCUT2D eigenvalue weighted by Crippen LogP contribution is 2.24. The van der Waals surface area contributed by atoms with E-state index in [0.717, 1.165) is 17.0 Å². The van der Waals surface area contributed by atoms with Crippen molar-refractivity contribution in [2.24, 2.45) is 0 Å². The van der Waals surface area contributed by atoms with Crippen LogP contribution in [0.3, 0.4) is 0 Å². The molecule has 0 bridgehead atoms. The molecule has 1 heterocycles. The zero-order valence-electron chi connectivity index (χ0n) is 6.68. The van der Waals surface area contributed by atoms with Gasteiger partial charge in [-0.15, -0.1) is 0 Å². The van der Waals surface area contributed by atoms with Crippen molar-refractivity contribution in [2.75, 3.05) is 7.05 Å². The lowest BCUT2D eigenvalue weighted by molar-refractivity contribution is -0.113. The topological polar surface area (TPSA) is 29.1 Å². The second kappa shape index (κ2) is 3.62. The fourth-order valence-electron chi connectivity index (χ4n) is 0.821. The van der Waals surface area contributed by atoms with Gasteiger partial charge < -0.3 is 5.32 Å². The van der Waals surface area contributed by atoms with Crippen LogP contribution in [0.1, 0.15) is 13.3 Å². The zero-order chi connectivity index (χ0) is 8.27. The summed E-state index contributed by atoms with van der Waals surface area (Å²) < 4.78 is 0. The third-order valence-corrected chi connectivity index (χ3v) is 2.56. The van der Waals surface area contributed by atoms with Crippen LogP contribution in [-0.4, -0.2) is 12.8 Å². The van der Waals surface area contributed by atoms with Crippen LogP contribution in [0.2, 0.25) is 0 Å². The summed E-state index contributed by atoms with van der Waals surface area (Å²) in [5.74, 6) is 0.170. The number of carbonyl (C=O) groups excluding carboxylic acids is 1. The molecule has 1 aliphatic heterocycles. The minimum Gasteiger partial charge on any atom is -0.383 e. The van der Waals surface area contributed by atoms with Crippen LogP contribution in [0.4, 0.5) is 0 Å². The number of Topliss-reactive ketones (excluding diaryl/α,β-unsaturated/α-hetero) is 1. The average Bonchev–Trinajstić information content (AvgIpc) is 2.05. The van der Waals surface area contributed by atoms with Crippen LogP contribution >= 0.6 is 11.8 Å². The molecule has 0 aliphatic carbocycles. The van der Waals surface area contributed by atoms with Gasteiger partial charge in [-0.05, 0) is 24.8 Å². The molecule has 11 heavy (non-hydrogen) atoms. The number of hydrogen-bond acceptors (Lipinski definition) is 3. The molecule has 0 unspecified atom stereocenters. The van der Waals surface area contributed by atoms with E-state index in [-0.39, 0.29) is 5.78 Å². The predicted molar refractivity (Wildman–Crippen MR) is 48.1 cm³/mol. The number of nitrogens with one attached hydrogen (secondary N) is 1. The van der Waals surface area contributed by atoms with E-state index in [4.69, 9.17) is 0 Å². The Labute approximate surface area is 70.7 Å². The maximum atomic E-state index is 10.9. The second-order valence-corrected chi connectivity index (χ2v) is 3.25. The first-order valence-electron chi connectivity index (χ1n) is 3.48. The Bertz CT molecular complexity index is 230. The van der Waals surface area contributed by atoms with E-state index in [1.54, 1.807) is 18.7 Å². The van der Waals surface area contributed by atoms with Crippen molar-refractivity contribution in [2.45, 2.75) is 13.3 Å². The van der Waals surface area contributed by atoms with E-state index < -0.39 is 0 Å². The van der Waals surface area contributed by atoms with Crippen LogP contribution in [0.5, 0.6) is 0 Å². The monoisotopic (exact) mass is 169 g/mol. The Morgan fingerprint density at radius 1 is 1.73 bits per heavy atom.